The van der Waals surface area contributed by atoms with Gasteiger partial charge in [-0.15, -0.1) is 0 Å². The van der Waals surface area contributed by atoms with E-state index in [1.54, 1.807) is 12.1 Å². The first kappa shape index (κ1) is 20.5. The topological polar surface area (TPSA) is 0 Å². The highest BCUT2D eigenvalue weighted by atomic mass is 19.1. The summed E-state index contributed by atoms with van der Waals surface area (Å²) in [6.45, 7) is 0. The number of rotatable bonds is 3. The minimum absolute atomic E-state index is 0.270. The lowest BCUT2D eigenvalue weighted by atomic mass is 9.50. The van der Waals surface area contributed by atoms with Crippen LogP contribution in [0.1, 0.15) is 87.2 Å². The summed E-state index contributed by atoms with van der Waals surface area (Å²) in [6.07, 6.45) is 13.7. The summed E-state index contributed by atoms with van der Waals surface area (Å²) in [7, 11) is 0. The van der Waals surface area contributed by atoms with Crippen LogP contribution in [0.15, 0.2) is 36.4 Å². The highest BCUT2D eigenvalue weighted by Gasteiger charge is 2.50. The highest BCUT2D eigenvalue weighted by Crippen LogP contribution is 2.61. The standard InChI is InChI=1S/C32H36F2/c33-29-3-1-21(31-23-7-17-5-18(9-23)10-24(31)8-17)15-27(29)28-16-22(2-4-30(28)34)32-25-11-19-6-20(13-25)14-26(32)12-19/h1-4,15-20,23-26,31-32H,5-14H2. The van der Waals surface area contributed by atoms with E-state index in [1.807, 2.05) is 24.3 Å². The predicted molar refractivity (Wildman–Crippen MR) is 131 cm³/mol. The molecule has 0 heterocycles. The third-order valence-corrected chi connectivity index (χ3v) is 11.5. The number of hydrogen-bond acceptors (Lipinski definition) is 0. The van der Waals surface area contributed by atoms with Crippen molar-refractivity contribution in [1.82, 2.24) is 0 Å². The molecule has 0 aliphatic heterocycles. The van der Waals surface area contributed by atoms with Crippen LogP contribution in [0.3, 0.4) is 0 Å². The van der Waals surface area contributed by atoms with Crippen LogP contribution >= 0.6 is 0 Å². The maximum atomic E-state index is 15.3. The largest absolute Gasteiger partial charge is 0.206 e. The molecule has 0 saturated heterocycles. The SMILES string of the molecule is Fc1ccc(C2C3CC4CC(C3)CC2C4)cc1-c1cc(C2C3CC4CC(C3)CC2C4)ccc1F. The molecular weight excluding hydrogens is 422 g/mol. The molecule has 0 amide bonds. The van der Waals surface area contributed by atoms with Crippen molar-refractivity contribution < 1.29 is 8.78 Å². The maximum absolute atomic E-state index is 15.3. The zero-order valence-electron chi connectivity index (χ0n) is 20.1. The van der Waals surface area contributed by atoms with Crippen LogP contribution in [0.5, 0.6) is 0 Å². The normalized spacial score (nSPS) is 43.6. The molecule has 2 heteroatoms. The van der Waals surface area contributed by atoms with Gasteiger partial charge in [0.25, 0.3) is 0 Å². The van der Waals surface area contributed by atoms with E-state index in [2.05, 4.69) is 0 Å². The van der Waals surface area contributed by atoms with Crippen molar-refractivity contribution in [3.05, 3.63) is 59.2 Å². The summed E-state index contributed by atoms with van der Waals surface area (Å²) in [5, 5.41) is 0. The van der Waals surface area contributed by atoms with Gasteiger partial charge in [0.05, 0.1) is 0 Å². The van der Waals surface area contributed by atoms with Crippen LogP contribution in [0, 0.1) is 59.0 Å². The second-order valence-electron chi connectivity index (χ2n) is 13.4. The molecule has 8 bridgehead atoms. The van der Waals surface area contributed by atoms with E-state index < -0.39 is 0 Å². The van der Waals surface area contributed by atoms with Crippen molar-refractivity contribution in [1.29, 1.82) is 0 Å². The van der Waals surface area contributed by atoms with E-state index in [1.165, 1.54) is 75.3 Å². The van der Waals surface area contributed by atoms with E-state index in [0.29, 0.717) is 23.0 Å². The van der Waals surface area contributed by atoms with Gasteiger partial charge in [-0.05, 0) is 159 Å². The molecule has 0 N–H and O–H groups in total. The quantitative estimate of drug-likeness (QED) is 0.431. The third-order valence-electron chi connectivity index (χ3n) is 11.5. The molecule has 10 rings (SSSR count). The molecule has 0 unspecified atom stereocenters. The molecular formula is C32H36F2. The van der Waals surface area contributed by atoms with E-state index >= 15 is 8.78 Å². The third kappa shape index (κ3) is 3.05. The Balaban J connectivity index is 1.16. The Morgan fingerprint density at radius 1 is 0.441 bits per heavy atom. The van der Waals surface area contributed by atoms with Gasteiger partial charge in [0, 0.05) is 11.1 Å². The van der Waals surface area contributed by atoms with Gasteiger partial charge in [-0.2, -0.15) is 0 Å². The lowest BCUT2D eigenvalue weighted by Gasteiger charge is -2.54. The molecule has 0 radical (unpaired) electrons. The van der Waals surface area contributed by atoms with Gasteiger partial charge in [-0.1, -0.05) is 12.1 Å². The van der Waals surface area contributed by atoms with E-state index in [-0.39, 0.29) is 11.6 Å². The Kier molecular flexibility index (Phi) is 4.46. The van der Waals surface area contributed by atoms with Crippen LogP contribution in [-0.4, -0.2) is 0 Å². The summed E-state index contributed by atoms with van der Waals surface area (Å²) in [4.78, 5) is 0. The van der Waals surface area contributed by atoms with E-state index in [4.69, 9.17) is 0 Å². The van der Waals surface area contributed by atoms with Crippen molar-refractivity contribution in [3.63, 3.8) is 0 Å². The second-order valence-corrected chi connectivity index (χ2v) is 13.4. The first-order chi connectivity index (χ1) is 16.6. The summed E-state index contributed by atoms with van der Waals surface area (Å²) in [6, 6.07) is 11.4. The van der Waals surface area contributed by atoms with Gasteiger partial charge >= 0.3 is 0 Å². The average Bonchev–Trinajstić information content (AvgIpc) is 2.80. The number of hydrogen-bond donors (Lipinski definition) is 0. The molecule has 34 heavy (non-hydrogen) atoms. The molecule has 2 aromatic carbocycles. The molecule has 8 aliphatic carbocycles. The average molecular weight is 459 g/mol. The Morgan fingerprint density at radius 2 is 0.765 bits per heavy atom. The lowest BCUT2D eigenvalue weighted by Crippen LogP contribution is -2.43. The minimum Gasteiger partial charge on any atom is -0.206 e. The first-order valence-electron chi connectivity index (χ1n) is 14.2. The van der Waals surface area contributed by atoms with Gasteiger partial charge < -0.3 is 0 Å². The van der Waals surface area contributed by atoms with E-state index in [9.17, 15) is 0 Å². The van der Waals surface area contributed by atoms with Crippen molar-refractivity contribution in [2.45, 2.75) is 76.0 Å². The molecule has 0 atom stereocenters. The zero-order chi connectivity index (χ0) is 22.6. The molecule has 8 aliphatic rings. The van der Waals surface area contributed by atoms with Gasteiger partial charge in [0.1, 0.15) is 11.6 Å². The molecule has 0 aromatic heterocycles. The molecule has 0 nitrogen and oxygen atoms in total. The fourth-order valence-corrected chi connectivity index (χ4v) is 10.9. The van der Waals surface area contributed by atoms with Crippen LogP contribution in [-0.2, 0) is 0 Å². The van der Waals surface area contributed by atoms with Crippen LogP contribution in [0.4, 0.5) is 8.78 Å². The van der Waals surface area contributed by atoms with Crippen LogP contribution in [0.2, 0.25) is 0 Å². The second kappa shape index (κ2) is 7.40. The lowest BCUT2D eigenvalue weighted by molar-refractivity contribution is -0.00289. The molecule has 8 fully saturated rings. The Hall–Kier alpha value is -1.70. The minimum atomic E-state index is -0.270. The summed E-state index contributed by atoms with van der Waals surface area (Å²) >= 11 is 0. The summed E-state index contributed by atoms with van der Waals surface area (Å²) in [5.74, 6) is 7.24. The monoisotopic (exact) mass is 458 g/mol. The van der Waals surface area contributed by atoms with Gasteiger partial charge in [0.15, 0.2) is 0 Å². The smallest absolute Gasteiger partial charge is 0.131 e. The number of benzene rings is 2. The fraction of sp³-hybridized carbons (Fsp3) is 0.625. The highest BCUT2D eigenvalue weighted by molar-refractivity contribution is 5.67. The zero-order valence-corrected chi connectivity index (χ0v) is 20.1. The van der Waals surface area contributed by atoms with Crippen LogP contribution < -0.4 is 0 Å². The van der Waals surface area contributed by atoms with Crippen molar-refractivity contribution in [3.8, 4) is 11.1 Å². The summed E-state index contributed by atoms with van der Waals surface area (Å²) < 4.78 is 30.5. The maximum Gasteiger partial charge on any atom is 0.131 e. The van der Waals surface area contributed by atoms with Crippen molar-refractivity contribution >= 4 is 0 Å². The van der Waals surface area contributed by atoms with Gasteiger partial charge in [-0.3, -0.25) is 0 Å². The van der Waals surface area contributed by atoms with Gasteiger partial charge in [-0.25, -0.2) is 8.78 Å². The number of halogens is 2. The first-order valence-corrected chi connectivity index (χ1v) is 14.2. The fourth-order valence-electron chi connectivity index (χ4n) is 10.9. The molecule has 178 valence electrons. The Labute approximate surface area is 202 Å². The van der Waals surface area contributed by atoms with E-state index in [0.717, 1.165) is 47.3 Å². The molecule has 8 saturated carbocycles. The Bertz CT molecular complexity index is 986. The molecule has 0 spiro atoms. The molecule has 2 aromatic rings. The Morgan fingerprint density at radius 3 is 1.09 bits per heavy atom. The predicted octanol–water partition coefficient (Wildman–Crippen LogP) is 8.71. The van der Waals surface area contributed by atoms with Gasteiger partial charge in [0.2, 0.25) is 0 Å². The van der Waals surface area contributed by atoms with Crippen molar-refractivity contribution in [2.24, 2.45) is 47.3 Å². The van der Waals surface area contributed by atoms with Crippen molar-refractivity contribution in [2.75, 3.05) is 0 Å². The van der Waals surface area contributed by atoms with Crippen LogP contribution in [0.25, 0.3) is 11.1 Å². The summed E-state index contributed by atoms with van der Waals surface area (Å²) in [5.41, 5.74) is 3.53.